The summed E-state index contributed by atoms with van der Waals surface area (Å²) < 4.78 is 13.7. The standard InChI is InChI=1S/C12H16N2O4S.Y/c1-6-3-14(11(19)13-9(6)16)10-8-7(2)12(4-15,18-10)5-17-8;/h3,7-8,10,15H,4-5H2,1-2H3,(H,13,16,19);/t7-,8?,10-,12+;/m1./s1. The SMILES string of the molecule is Cc1cn([C@@H]2O[C@@]3(CO)COC2[C@H]3C)c(=S)[nH]c1=O.[Y]. The number of nitrogens with one attached hydrogen (secondary N) is 1. The number of rotatable bonds is 2. The zero-order valence-corrected chi connectivity index (χ0v) is 15.0. The quantitative estimate of drug-likeness (QED) is 0.739. The molecule has 2 bridgehead atoms. The number of hydrogen-bond donors (Lipinski definition) is 2. The van der Waals surface area contributed by atoms with E-state index in [2.05, 4.69) is 4.98 Å². The summed E-state index contributed by atoms with van der Waals surface area (Å²) in [4.78, 5) is 14.1. The van der Waals surface area contributed by atoms with Crippen molar-refractivity contribution in [1.29, 1.82) is 0 Å². The maximum atomic E-state index is 11.5. The Bertz CT molecular complexity index is 631. The molecule has 1 unspecified atom stereocenters. The molecule has 6 nitrogen and oxygen atoms in total. The summed E-state index contributed by atoms with van der Waals surface area (Å²) in [6.45, 7) is 4.01. The number of hydrogen-bond acceptors (Lipinski definition) is 5. The molecule has 1 aromatic rings. The van der Waals surface area contributed by atoms with Gasteiger partial charge in [-0.05, 0) is 19.1 Å². The molecule has 0 spiro atoms. The van der Waals surface area contributed by atoms with Gasteiger partial charge in [0.1, 0.15) is 11.7 Å². The Morgan fingerprint density at radius 3 is 2.95 bits per heavy atom. The number of nitrogens with zero attached hydrogens (tertiary/aromatic N) is 1. The molecule has 2 fully saturated rings. The number of aromatic nitrogens is 2. The van der Waals surface area contributed by atoms with E-state index in [0.717, 1.165) is 0 Å². The van der Waals surface area contributed by atoms with Crippen molar-refractivity contribution in [3.05, 3.63) is 26.9 Å². The van der Waals surface area contributed by atoms with Crippen molar-refractivity contribution < 1.29 is 47.3 Å². The zero-order chi connectivity index (χ0) is 13.8. The maximum absolute atomic E-state index is 11.5. The summed E-state index contributed by atoms with van der Waals surface area (Å²) in [5, 5.41) is 9.55. The first-order valence-corrected chi connectivity index (χ1v) is 6.62. The van der Waals surface area contributed by atoms with Crippen molar-refractivity contribution in [3.8, 4) is 0 Å². The van der Waals surface area contributed by atoms with E-state index in [1.807, 2.05) is 6.92 Å². The minimum atomic E-state index is -0.659. The third-order valence-corrected chi connectivity index (χ3v) is 4.48. The molecule has 2 N–H and O–H groups in total. The van der Waals surface area contributed by atoms with E-state index in [4.69, 9.17) is 21.7 Å². The van der Waals surface area contributed by atoms with Crippen molar-refractivity contribution in [3.63, 3.8) is 0 Å². The Hall–Kier alpha value is 0.0839. The van der Waals surface area contributed by atoms with Crippen LogP contribution in [0.5, 0.6) is 0 Å². The van der Waals surface area contributed by atoms with Crippen LogP contribution in [0, 0.1) is 17.6 Å². The van der Waals surface area contributed by atoms with Crippen molar-refractivity contribution in [2.75, 3.05) is 13.2 Å². The van der Waals surface area contributed by atoms with E-state index in [1.54, 1.807) is 17.7 Å². The number of aliphatic hydroxyl groups excluding tert-OH is 1. The summed E-state index contributed by atoms with van der Waals surface area (Å²) in [5.41, 5.74) is -0.297. The molecule has 4 atom stereocenters. The average Bonchev–Trinajstić information content (AvgIpc) is 2.85. The van der Waals surface area contributed by atoms with Gasteiger partial charge in [-0.3, -0.25) is 14.3 Å². The normalized spacial score (nSPS) is 35.0. The smallest absolute Gasteiger partial charge is 0.254 e. The summed E-state index contributed by atoms with van der Waals surface area (Å²) in [7, 11) is 0. The molecular weight excluding hydrogens is 357 g/mol. The molecule has 0 saturated carbocycles. The van der Waals surface area contributed by atoms with Gasteiger partial charge in [0.2, 0.25) is 0 Å². The third-order valence-electron chi connectivity index (χ3n) is 4.17. The molecule has 1 aromatic heterocycles. The van der Waals surface area contributed by atoms with Crippen LogP contribution < -0.4 is 5.56 Å². The van der Waals surface area contributed by atoms with Gasteiger partial charge in [0.05, 0.1) is 13.2 Å². The second-order valence-corrected chi connectivity index (χ2v) is 5.66. The molecule has 3 heterocycles. The molecule has 0 amide bonds. The molecule has 2 saturated heterocycles. The van der Waals surface area contributed by atoms with Gasteiger partial charge in [-0.25, -0.2) is 0 Å². The Balaban J connectivity index is 0.00000147. The second kappa shape index (κ2) is 5.70. The van der Waals surface area contributed by atoms with Gasteiger partial charge < -0.3 is 14.6 Å². The number of fused-ring (bicyclic) bond motifs is 2. The van der Waals surface area contributed by atoms with E-state index < -0.39 is 11.8 Å². The van der Waals surface area contributed by atoms with E-state index in [0.29, 0.717) is 16.9 Å². The largest absolute Gasteiger partial charge is 0.393 e. The van der Waals surface area contributed by atoms with Crippen molar-refractivity contribution >= 4 is 12.2 Å². The monoisotopic (exact) mass is 373 g/mol. The number of aliphatic hydroxyl groups is 1. The molecule has 1 radical (unpaired) electrons. The second-order valence-electron chi connectivity index (χ2n) is 5.27. The van der Waals surface area contributed by atoms with Gasteiger partial charge >= 0.3 is 0 Å². The fourth-order valence-electron chi connectivity index (χ4n) is 2.81. The summed E-state index contributed by atoms with van der Waals surface area (Å²) in [6, 6.07) is 0. The topological polar surface area (TPSA) is 76.5 Å². The van der Waals surface area contributed by atoms with E-state index >= 15 is 0 Å². The first-order chi connectivity index (χ1) is 8.98. The molecule has 8 heteroatoms. The molecule has 3 rings (SSSR count). The molecule has 20 heavy (non-hydrogen) atoms. The number of aromatic amines is 1. The van der Waals surface area contributed by atoms with Crippen molar-refractivity contribution in [2.24, 2.45) is 5.92 Å². The molecular formula is C12H16N2O4SY. The van der Waals surface area contributed by atoms with Gasteiger partial charge in [0.25, 0.3) is 5.56 Å². The minimum absolute atomic E-state index is 0. The maximum Gasteiger partial charge on any atom is 0.254 e. The van der Waals surface area contributed by atoms with Gasteiger partial charge in [-0.2, -0.15) is 0 Å². The fourth-order valence-corrected chi connectivity index (χ4v) is 3.06. The van der Waals surface area contributed by atoms with Crippen LogP contribution in [0.4, 0.5) is 0 Å². The van der Waals surface area contributed by atoms with Crippen LogP contribution in [-0.4, -0.2) is 39.6 Å². The van der Waals surface area contributed by atoms with Crippen molar-refractivity contribution in [1.82, 2.24) is 9.55 Å². The average molecular weight is 373 g/mol. The summed E-state index contributed by atoms with van der Waals surface area (Å²) >= 11 is 5.17. The summed E-state index contributed by atoms with van der Waals surface area (Å²) in [5.74, 6) is 0.0802. The minimum Gasteiger partial charge on any atom is -0.393 e. The van der Waals surface area contributed by atoms with E-state index in [-0.39, 0.29) is 56.9 Å². The zero-order valence-electron chi connectivity index (χ0n) is 11.3. The van der Waals surface area contributed by atoms with Crippen LogP contribution in [0.25, 0.3) is 0 Å². The van der Waals surface area contributed by atoms with E-state index in [9.17, 15) is 9.90 Å². The van der Waals surface area contributed by atoms with Crippen LogP contribution in [0.3, 0.4) is 0 Å². The predicted octanol–water partition coefficient (Wildman–Crippen LogP) is 0.507. The van der Waals surface area contributed by atoms with Crippen LogP contribution in [-0.2, 0) is 42.2 Å². The van der Waals surface area contributed by atoms with Crippen molar-refractivity contribution in [2.45, 2.75) is 31.8 Å². The Morgan fingerprint density at radius 2 is 2.35 bits per heavy atom. The predicted molar refractivity (Wildman–Crippen MR) is 69.5 cm³/mol. The summed E-state index contributed by atoms with van der Waals surface area (Å²) in [6.07, 6.45) is 1.11. The Morgan fingerprint density at radius 1 is 1.65 bits per heavy atom. The van der Waals surface area contributed by atoms with Gasteiger partial charge in [-0.1, -0.05) is 6.92 Å². The van der Waals surface area contributed by atoms with Crippen LogP contribution in [0.15, 0.2) is 11.0 Å². The first-order valence-electron chi connectivity index (χ1n) is 6.21. The van der Waals surface area contributed by atoms with Crippen LogP contribution >= 0.6 is 12.2 Å². The number of ether oxygens (including phenoxy) is 2. The first kappa shape index (κ1) is 16.5. The van der Waals surface area contributed by atoms with Gasteiger partial charge in [-0.15, -0.1) is 0 Å². The fraction of sp³-hybridized carbons (Fsp3) is 0.667. The van der Waals surface area contributed by atoms with E-state index in [1.165, 1.54) is 0 Å². The van der Waals surface area contributed by atoms with Gasteiger partial charge in [0.15, 0.2) is 11.0 Å². The third kappa shape index (κ3) is 2.28. The number of H-pyrrole nitrogens is 1. The molecule has 107 valence electrons. The molecule has 2 aliphatic rings. The number of aryl methyl sites for hydroxylation is 1. The van der Waals surface area contributed by atoms with Crippen LogP contribution in [0.1, 0.15) is 18.7 Å². The van der Waals surface area contributed by atoms with Crippen LogP contribution in [0.2, 0.25) is 0 Å². The van der Waals surface area contributed by atoms with Gasteiger partial charge in [0, 0.05) is 50.4 Å². The Labute approximate surface area is 146 Å². The molecule has 0 aromatic carbocycles. The Kier molecular flexibility index (Phi) is 4.69. The molecule has 2 aliphatic heterocycles. The molecule has 0 aliphatic carbocycles.